The monoisotopic (exact) mass is 352 g/mol. The Bertz CT molecular complexity index is 469. The van der Waals surface area contributed by atoms with Gasteiger partial charge in [-0.2, -0.15) is 0 Å². The Morgan fingerprint density at radius 1 is 1.28 bits per heavy atom. The van der Waals surface area contributed by atoms with Gasteiger partial charge in [-0.15, -0.1) is 0 Å². The average Bonchev–Trinajstić information content (AvgIpc) is 2.82. The van der Waals surface area contributed by atoms with Gasteiger partial charge >= 0.3 is 5.97 Å². The zero-order valence-electron chi connectivity index (χ0n) is 15.1. The van der Waals surface area contributed by atoms with E-state index in [9.17, 15) is 19.8 Å². The number of carbonyl (C=O) groups excluding carboxylic acids is 1. The van der Waals surface area contributed by atoms with Crippen LogP contribution in [0.1, 0.15) is 64.7 Å². The van der Waals surface area contributed by atoms with E-state index in [1.807, 2.05) is 6.08 Å². The van der Waals surface area contributed by atoms with Gasteiger partial charge in [0, 0.05) is 18.8 Å². The van der Waals surface area contributed by atoms with Crippen LogP contribution in [-0.4, -0.2) is 39.3 Å². The summed E-state index contributed by atoms with van der Waals surface area (Å²) in [5, 5.41) is 28.8. The van der Waals surface area contributed by atoms with Crippen LogP contribution in [0.4, 0.5) is 0 Å². The summed E-state index contributed by atoms with van der Waals surface area (Å²) in [4.78, 5) is 22.7. The van der Waals surface area contributed by atoms with Crippen LogP contribution in [0.5, 0.6) is 0 Å². The maximum Gasteiger partial charge on any atom is 0.303 e. The molecule has 0 amide bonds. The number of rotatable bonds is 12. The van der Waals surface area contributed by atoms with E-state index in [2.05, 4.69) is 13.0 Å². The third-order valence-electron chi connectivity index (χ3n) is 4.72. The quantitative estimate of drug-likeness (QED) is 0.370. The molecule has 0 aromatic carbocycles. The summed E-state index contributed by atoms with van der Waals surface area (Å²) in [7, 11) is 0. The number of hydrogen-bond donors (Lipinski definition) is 3. The second-order valence-corrected chi connectivity index (χ2v) is 6.87. The van der Waals surface area contributed by atoms with Crippen LogP contribution >= 0.6 is 0 Å². The molecule has 0 unspecified atom stereocenters. The lowest BCUT2D eigenvalue weighted by Gasteiger charge is -2.18. The minimum Gasteiger partial charge on any atom is -0.481 e. The molecule has 1 aliphatic carbocycles. The number of aliphatic hydroxyl groups excluding tert-OH is 2. The largest absolute Gasteiger partial charge is 0.481 e. The number of ketones is 1. The number of hydrogen-bond acceptors (Lipinski definition) is 4. The van der Waals surface area contributed by atoms with E-state index in [0.29, 0.717) is 19.3 Å². The number of allylic oxidation sites excluding steroid dienone is 2. The molecule has 0 saturated heterocycles. The summed E-state index contributed by atoms with van der Waals surface area (Å²) in [5.41, 5.74) is 0. The third-order valence-corrected chi connectivity index (χ3v) is 4.72. The molecule has 1 aliphatic rings. The van der Waals surface area contributed by atoms with Crippen LogP contribution in [-0.2, 0) is 9.59 Å². The first-order valence-corrected chi connectivity index (χ1v) is 9.39. The van der Waals surface area contributed by atoms with Crippen molar-refractivity contribution in [2.75, 3.05) is 0 Å². The van der Waals surface area contributed by atoms with Crippen molar-refractivity contribution < 1.29 is 24.9 Å². The molecule has 3 N–H and O–H groups in total. The second kappa shape index (κ2) is 12.0. The van der Waals surface area contributed by atoms with E-state index in [0.717, 1.165) is 12.8 Å². The van der Waals surface area contributed by atoms with Gasteiger partial charge in [-0.05, 0) is 38.0 Å². The van der Waals surface area contributed by atoms with Gasteiger partial charge in [0.05, 0.1) is 12.2 Å². The fourth-order valence-corrected chi connectivity index (χ4v) is 3.27. The molecule has 0 radical (unpaired) electrons. The molecule has 0 aromatic heterocycles. The van der Waals surface area contributed by atoms with Gasteiger partial charge in [-0.25, -0.2) is 0 Å². The molecule has 5 heteroatoms. The third kappa shape index (κ3) is 8.45. The minimum absolute atomic E-state index is 0.0358. The lowest BCUT2D eigenvalue weighted by atomic mass is 9.88. The molecule has 4 atom stereocenters. The Labute approximate surface area is 150 Å². The summed E-state index contributed by atoms with van der Waals surface area (Å²) < 4.78 is 0. The van der Waals surface area contributed by atoms with Gasteiger partial charge in [0.2, 0.25) is 0 Å². The second-order valence-electron chi connectivity index (χ2n) is 6.87. The smallest absolute Gasteiger partial charge is 0.303 e. The predicted octanol–water partition coefficient (Wildman–Crippen LogP) is 3.25. The Kier molecular flexibility index (Phi) is 10.3. The topological polar surface area (TPSA) is 94.8 Å². The van der Waals surface area contributed by atoms with Crippen molar-refractivity contribution >= 4 is 11.8 Å². The first-order valence-electron chi connectivity index (χ1n) is 9.39. The van der Waals surface area contributed by atoms with E-state index >= 15 is 0 Å². The van der Waals surface area contributed by atoms with Crippen LogP contribution in [0.15, 0.2) is 24.3 Å². The summed E-state index contributed by atoms with van der Waals surface area (Å²) in [5.74, 6) is -1.58. The highest BCUT2D eigenvalue weighted by atomic mass is 16.4. The zero-order valence-corrected chi connectivity index (χ0v) is 15.1. The minimum atomic E-state index is -0.868. The average molecular weight is 352 g/mol. The van der Waals surface area contributed by atoms with Gasteiger partial charge in [0.15, 0.2) is 0 Å². The molecular weight excluding hydrogens is 320 g/mol. The summed E-state index contributed by atoms with van der Waals surface area (Å²) in [6, 6.07) is 0. The Balaban J connectivity index is 2.45. The van der Waals surface area contributed by atoms with Crippen molar-refractivity contribution in [3.05, 3.63) is 24.3 Å². The molecule has 0 aliphatic heterocycles. The molecule has 0 bridgehead atoms. The van der Waals surface area contributed by atoms with Crippen molar-refractivity contribution in [1.82, 2.24) is 0 Å². The highest BCUT2D eigenvalue weighted by Gasteiger charge is 2.39. The van der Waals surface area contributed by atoms with Crippen molar-refractivity contribution in [2.45, 2.75) is 76.9 Å². The molecule has 5 nitrogen and oxygen atoms in total. The van der Waals surface area contributed by atoms with E-state index in [1.165, 1.54) is 12.8 Å². The normalized spacial score (nSPS) is 25.2. The van der Waals surface area contributed by atoms with E-state index < -0.39 is 24.1 Å². The van der Waals surface area contributed by atoms with Crippen molar-refractivity contribution in [3.8, 4) is 0 Å². The van der Waals surface area contributed by atoms with Crippen LogP contribution in [0.25, 0.3) is 0 Å². The van der Waals surface area contributed by atoms with Crippen LogP contribution in [0, 0.1) is 11.8 Å². The van der Waals surface area contributed by atoms with Crippen LogP contribution < -0.4 is 0 Å². The molecule has 0 heterocycles. The van der Waals surface area contributed by atoms with Gasteiger partial charge < -0.3 is 15.3 Å². The summed E-state index contributed by atoms with van der Waals surface area (Å²) in [6.45, 7) is 2.16. The number of carboxylic acid groups (broad SMARTS) is 1. The van der Waals surface area contributed by atoms with Crippen LogP contribution in [0.2, 0.25) is 0 Å². The molecule has 25 heavy (non-hydrogen) atoms. The molecule has 0 spiro atoms. The zero-order chi connectivity index (χ0) is 18.7. The van der Waals surface area contributed by atoms with Gasteiger partial charge in [0.25, 0.3) is 0 Å². The predicted molar refractivity (Wildman–Crippen MR) is 97.1 cm³/mol. The Morgan fingerprint density at radius 3 is 2.72 bits per heavy atom. The van der Waals surface area contributed by atoms with Crippen molar-refractivity contribution in [2.24, 2.45) is 11.8 Å². The lowest BCUT2D eigenvalue weighted by Crippen LogP contribution is -2.20. The Hall–Kier alpha value is -1.46. The van der Waals surface area contributed by atoms with Gasteiger partial charge in [-0.1, -0.05) is 44.1 Å². The maximum atomic E-state index is 12.0. The molecular formula is C20H32O5. The number of Topliss-reactive ketones (excluding diaryl/α,β-unsaturated/α-hetero) is 1. The number of unbranched alkanes of at least 4 members (excludes halogenated alkanes) is 3. The van der Waals surface area contributed by atoms with Crippen LogP contribution in [0.3, 0.4) is 0 Å². The SMILES string of the molecule is CCCCC/C=C\C[C@H](O)/C=C/[C@H]1C(=O)C[C@@H](O)[C@@H]1CCCC(=O)O. The first-order chi connectivity index (χ1) is 12.0. The van der Waals surface area contributed by atoms with E-state index in [4.69, 9.17) is 5.11 Å². The molecule has 1 rings (SSSR count). The standard InChI is InChI=1S/C20H32O5/c1-2-3-4-5-6-7-9-15(21)12-13-17-16(10-8-11-20(24)25)18(22)14-19(17)23/h6-7,12-13,15-18,21-22H,2-5,8-11,14H2,1H3,(H,24,25)/b7-6-,13-12+/t15-,16+,17+,18+/m0/s1. The number of carboxylic acids is 1. The number of aliphatic carboxylic acids is 1. The maximum absolute atomic E-state index is 12.0. The molecule has 142 valence electrons. The van der Waals surface area contributed by atoms with Gasteiger partial charge in [-0.3, -0.25) is 9.59 Å². The molecule has 1 saturated carbocycles. The number of carbonyl (C=O) groups is 2. The van der Waals surface area contributed by atoms with E-state index in [-0.39, 0.29) is 24.5 Å². The summed E-state index contributed by atoms with van der Waals surface area (Å²) in [6.07, 6.45) is 12.2. The Morgan fingerprint density at radius 2 is 2.04 bits per heavy atom. The lowest BCUT2D eigenvalue weighted by molar-refractivity contribution is -0.137. The summed E-state index contributed by atoms with van der Waals surface area (Å²) >= 11 is 0. The fourth-order valence-electron chi connectivity index (χ4n) is 3.27. The van der Waals surface area contributed by atoms with Crippen molar-refractivity contribution in [1.29, 1.82) is 0 Å². The highest BCUT2D eigenvalue weighted by Crippen LogP contribution is 2.34. The first kappa shape index (κ1) is 21.6. The van der Waals surface area contributed by atoms with Crippen molar-refractivity contribution in [3.63, 3.8) is 0 Å². The molecule has 0 aromatic rings. The molecule has 1 fully saturated rings. The number of aliphatic hydroxyl groups is 2. The highest BCUT2D eigenvalue weighted by molar-refractivity contribution is 5.86. The fraction of sp³-hybridized carbons (Fsp3) is 0.700. The van der Waals surface area contributed by atoms with Gasteiger partial charge in [0.1, 0.15) is 5.78 Å². The van der Waals surface area contributed by atoms with E-state index in [1.54, 1.807) is 12.2 Å².